The van der Waals surface area contributed by atoms with Crippen LogP contribution >= 0.6 is 0 Å². The molecule has 1 amide bonds. The number of carboxylic acid groups (broad SMARTS) is 1. The number of nitrogens with zero attached hydrogens (tertiary/aromatic N) is 1. The van der Waals surface area contributed by atoms with Gasteiger partial charge in [-0.2, -0.15) is 0 Å². The van der Waals surface area contributed by atoms with Gasteiger partial charge in [0.2, 0.25) is 0 Å². The average Bonchev–Trinajstić information content (AvgIpc) is 3.29. The van der Waals surface area contributed by atoms with Crippen LogP contribution in [0.4, 0.5) is 4.79 Å². The summed E-state index contributed by atoms with van der Waals surface area (Å²) in [7, 11) is 1.61. The number of hydrogen-bond acceptors (Lipinski definition) is 4. The van der Waals surface area contributed by atoms with Crippen LogP contribution in [-0.4, -0.2) is 48.2 Å². The lowest BCUT2D eigenvalue weighted by Gasteiger charge is -2.29. The van der Waals surface area contributed by atoms with Crippen LogP contribution < -0.4 is 9.47 Å². The second kappa shape index (κ2) is 7.79. The summed E-state index contributed by atoms with van der Waals surface area (Å²) in [4.78, 5) is 25.6. The number of hydrogen-bond donors (Lipinski definition) is 1. The van der Waals surface area contributed by atoms with E-state index in [2.05, 4.69) is 0 Å². The Bertz CT molecular complexity index is 713. The molecule has 0 spiro atoms. The van der Waals surface area contributed by atoms with Crippen molar-refractivity contribution >= 4 is 11.9 Å². The van der Waals surface area contributed by atoms with Crippen LogP contribution in [0.1, 0.15) is 57.4 Å². The van der Waals surface area contributed by atoms with Crippen LogP contribution in [0.25, 0.3) is 0 Å². The molecule has 1 aromatic carbocycles. The largest absolute Gasteiger partial charge is 0.493 e. The van der Waals surface area contributed by atoms with Gasteiger partial charge in [0.1, 0.15) is 5.78 Å². The molecule has 1 heterocycles. The van der Waals surface area contributed by atoms with E-state index >= 15 is 0 Å². The fraction of sp³-hybridized carbons (Fsp3) is 0.619. The molecule has 1 aromatic rings. The van der Waals surface area contributed by atoms with E-state index in [4.69, 9.17) is 9.47 Å². The minimum Gasteiger partial charge on any atom is -0.493 e. The van der Waals surface area contributed by atoms with Crippen molar-refractivity contribution in [2.24, 2.45) is 5.41 Å². The predicted molar refractivity (Wildman–Crippen MR) is 102 cm³/mol. The van der Waals surface area contributed by atoms with E-state index in [9.17, 15) is 14.7 Å². The Morgan fingerprint density at radius 1 is 1.26 bits per heavy atom. The van der Waals surface area contributed by atoms with E-state index in [1.54, 1.807) is 7.11 Å². The van der Waals surface area contributed by atoms with Gasteiger partial charge in [-0.3, -0.25) is 4.79 Å². The second-order valence-electron chi connectivity index (χ2n) is 7.84. The lowest BCUT2D eigenvalue weighted by Crippen LogP contribution is -2.36. The molecule has 0 aromatic heterocycles. The van der Waals surface area contributed by atoms with Crippen molar-refractivity contribution in [1.29, 1.82) is 0 Å². The molecule has 1 saturated heterocycles. The van der Waals surface area contributed by atoms with E-state index in [0.29, 0.717) is 24.5 Å². The van der Waals surface area contributed by atoms with E-state index in [1.165, 1.54) is 17.7 Å². The molecule has 6 nitrogen and oxygen atoms in total. The number of amides is 1. The molecule has 2 atom stereocenters. The summed E-state index contributed by atoms with van der Waals surface area (Å²) in [5.41, 5.74) is 0.198. The lowest BCUT2D eigenvalue weighted by molar-refractivity contribution is -0.127. The highest BCUT2D eigenvalue weighted by Gasteiger charge is 2.49. The maximum atomic E-state index is 12.7. The third-order valence-corrected chi connectivity index (χ3v) is 6.11. The van der Waals surface area contributed by atoms with Crippen molar-refractivity contribution in [3.63, 3.8) is 0 Å². The van der Waals surface area contributed by atoms with E-state index in [0.717, 1.165) is 18.4 Å². The fourth-order valence-electron chi connectivity index (χ4n) is 4.49. The topological polar surface area (TPSA) is 76.1 Å². The van der Waals surface area contributed by atoms with Crippen LogP contribution in [-0.2, 0) is 4.79 Å². The summed E-state index contributed by atoms with van der Waals surface area (Å²) < 4.78 is 11.6. The summed E-state index contributed by atoms with van der Waals surface area (Å²) >= 11 is 0. The first-order valence-electron chi connectivity index (χ1n) is 9.74. The van der Waals surface area contributed by atoms with Gasteiger partial charge in [-0.15, -0.1) is 0 Å². The predicted octanol–water partition coefficient (Wildman–Crippen LogP) is 4.08. The van der Waals surface area contributed by atoms with Gasteiger partial charge < -0.3 is 19.5 Å². The molecule has 2 fully saturated rings. The van der Waals surface area contributed by atoms with Crippen molar-refractivity contribution < 1.29 is 24.2 Å². The molecule has 2 aliphatic rings. The second-order valence-corrected chi connectivity index (χ2v) is 7.84. The van der Waals surface area contributed by atoms with Crippen molar-refractivity contribution in [1.82, 2.24) is 4.90 Å². The van der Waals surface area contributed by atoms with Crippen LogP contribution in [0.3, 0.4) is 0 Å². The third-order valence-electron chi connectivity index (χ3n) is 6.11. The maximum Gasteiger partial charge on any atom is 0.407 e. The summed E-state index contributed by atoms with van der Waals surface area (Å²) in [6.45, 7) is 4.25. The number of Topliss-reactive ketones (excluding diaryl/α,β-unsaturated/α-hetero) is 1. The number of carbonyl (C=O) groups excluding carboxylic acids is 1. The van der Waals surface area contributed by atoms with Crippen LogP contribution in [0.5, 0.6) is 11.5 Å². The average molecular weight is 375 g/mol. The minimum atomic E-state index is -0.983. The Balaban J connectivity index is 1.94. The number of rotatable bonds is 6. The molecule has 1 aliphatic carbocycles. The minimum absolute atomic E-state index is 0.0883. The number of benzene rings is 1. The van der Waals surface area contributed by atoms with E-state index in [1.807, 2.05) is 32.0 Å². The molecule has 1 saturated carbocycles. The number of ketones is 1. The molecule has 6 heteroatoms. The Morgan fingerprint density at radius 2 is 1.96 bits per heavy atom. The summed E-state index contributed by atoms with van der Waals surface area (Å²) in [6, 6.07) is 5.73. The molecular formula is C21H29NO5. The Kier molecular flexibility index (Phi) is 5.63. The number of ether oxygens (including phenoxy) is 2. The Morgan fingerprint density at radius 3 is 2.56 bits per heavy atom. The highest BCUT2D eigenvalue weighted by Crippen LogP contribution is 2.46. The Hall–Kier alpha value is -2.24. The molecule has 0 bridgehead atoms. The molecular weight excluding hydrogens is 346 g/mol. The summed E-state index contributed by atoms with van der Waals surface area (Å²) in [5, 5.41) is 9.46. The van der Waals surface area contributed by atoms with E-state index < -0.39 is 11.5 Å². The zero-order valence-electron chi connectivity index (χ0n) is 16.4. The highest BCUT2D eigenvalue weighted by molar-refractivity contribution is 5.87. The zero-order valence-corrected chi connectivity index (χ0v) is 16.4. The van der Waals surface area contributed by atoms with E-state index in [-0.39, 0.29) is 24.3 Å². The van der Waals surface area contributed by atoms with Gasteiger partial charge in [0, 0.05) is 25.4 Å². The zero-order chi connectivity index (χ0) is 19.6. The highest BCUT2D eigenvalue weighted by atomic mass is 16.5. The number of likely N-dealkylation sites (tertiary alicyclic amines) is 1. The van der Waals surface area contributed by atoms with Gasteiger partial charge in [-0.1, -0.05) is 19.9 Å². The van der Waals surface area contributed by atoms with Gasteiger partial charge in [0.25, 0.3) is 0 Å². The van der Waals surface area contributed by atoms with Crippen LogP contribution in [0, 0.1) is 5.41 Å². The molecule has 148 valence electrons. The summed E-state index contributed by atoms with van der Waals surface area (Å²) in [5.74, 6) is 1.24. The first-order chi connectivity index (χ1) is 12.9. The third kappa shape index (κ3) is 3.75. The van der Waals surface area contributed by atoms with Crippen LogP contribution in [0.2, 0.25) is 0 Å². The van der Waals surface area contributed by atoms with Gasteiger partial charge in [0.05, 0.1) is 18.6 Å². The molecule has 27 heavy (non-hydrogen) atoms. The molecule has 1 aliphatic heterocycles. The molecule has 3 rings (SSSR count). The quantitative estimate of drug-likeness (QED) is 0.811. The standard InChI is InChI=1S/C21H29NO5/c1-4-19(23)21(2)13-22(20(24)25)12-16(21)14-9-10-17(26-3)18(11-14)27-15-7-5-6-8-15/h9-11,15-16H,4-8,12-13H2,1-3H3,(H,24,25)/t16-,21+/m0/s1. The Labute approximate surface area is 160 Å². The van der Waals surface area contributed by atoms with Crippen molar-refractivity contribution in [2.75, 3.05) is 20.2 Å². The smallest absolute Gasteiger partial charge is 0.407 e. The van der Waals surface area contributed by atoms with Gasteiger partial charge in [0.15, 0.2) is 11.5 Å². The van der Waals surface area contributed by atoms with Gasteiger partial charge in [-0.25, -0.2) is 4.79 Å². The van der Waals surface area contributed by atoms with Gasteiger partial charge >= 0.3 is 6.09 Å². The molecule has 1 N–H and O–H groups in total. The fourth-order valence-corrected chi connectivity index (χ4v) is 4.49. The maximum absolute atomic E-state index is 12.7. The first kappa shape index (κ1) is 19.5. The lowest BCUT2D eigenvalue weighted by atomic mass is 9.72. The molecule has 0 radical (unpaired) electrons. The molecule has 0 unspecified atom stereocenters. The first-order valence-corrected chi connectivity index (χ1v) is 9.74. The summed E-state index contributed by atoms with van der Waals surface area (Å²) in [6.07, 6.45) is 4.02. The normalized spacial score (nSPS) is 25.6. The number of carbonyl (C=O) groups is 2. The van der Waals surface area contributed by atoms with Crippen molar-refractivity contribution in [3.8, 4) is 11.5 Å². The van der Waals surface area contributed by atoms with Gasteiger partial charge in [-0.05, 0) is 43.4 Å². The monoisotopic (exact) mass is 375 g/mol. The van der Waals surface area contributed by atoms with Crippen LogP contribution in [0.15, 0.2) is 18.2 Å². The number of methoxy groups -OCH3 is 1. The van der Waals surface area contributed by atoms with Crippen molar-refractivity contribution in [3.05, 3.63) is 23.8 Å². The SMILES string of the molecule is CCC(=O)[C@]1(C)CN(C(=O)O)C[C@H]1c1ccc(OC)c(OC2CCCC2)c1. The van der Waals surface area contributed by atoms with Crippen molar-refractivity contribution in [2.45, 2.75) is 58.0 Å².